The molecule has 0 bridgehead atoms. The number of aromatic nitrogens is 4. The van der Waals surface area contributed by atoms with Gasteiger partial charge in [0.25, 0.3) is 11.9 Å². The van der Waals surface area contributed by atoms with Gasteiger partial charge in [0.1, 0.15) is 53.4 Å². The molecule has 5 rings (SSSR count). The van der Waals surface area contributed by atoms with Crippen molar-refractivity contribution in [3.8, 4) is 0 Å². The smallest absolute Gasteiger partial charge is 0.394 e. The average Bonchev–Trinajstić information content (AvgIpc) is 1.73. The number of benzene rings is 1. The molecular formula is C74H118BrCl2N11O19. The Morgan fingerprint density at radius 3 is 1.25 bits per heavy atom. The first kappa shape index (κ1) is 107. The van der Waals surface area contributed by atoms with E-state index in [0.717, 1.165) is 17.1 Å². The SMILES string of the molecule is CC(C)(C)C(=O)CBr.CC(C)(C)C(=O)CN.CC(C)(C)C(=O)CN=[N+]=[N-].CC(C)(C)c1cnc(C(=O)NN)o1.CC(C)(C)c1cnc(CC(=O)OCc2ccccc2)o1.CC(C)(C)c1cnc(N)o1.CCOC(=O)C(=O)CCC(=O)C(C)(C)C.CCOC(=O)C(=O)Cl.CCOC(=O)c1ncc(C(C)(C)C)o1.Cl. The van der Waals surface area contributed by atoms with Crippen LogP contribution in [-0.4, -0.2) is 122 Å². The number of hydrogen-bond acceptors (Lipinski definition) is 27. The number of amides is 1. The van der Waals surface area contributed by atoms with E-state index >= 15 is 0 Å². The van der Waals surface area contributed by atoms with Gasteiger partial charge in [-0.05, 0) is 43.5 Å². The molecule has 5 aromatic rings. The number of alkyl halides is 1. The molecule has 107 heavy (non-hydrogen) atoms. The molecule has 1 aromatic carbocycles. The van der Waals surface area contributed by atoms with Crippen LogP contribution in [0.2, 0.25) is 0 Å². The highest BCUT2D eigenvalue weighted by atomic mass is 79.9. The third-order valence-corrected chi connectivity index (χ3v) is 13.5. The highest BCUT2D eigenvalue weighted by molar-refractivity contribution is 9.09. The molecule has 0 saturated carbocycles. The molecule has 604 valence electrons. The van der Waals surface area contributed by atoms with Crippen molar-refractivity contribution >= 4 is 110 Å². The minimum absolute atomic E-state index is 0. The van der Waals surface area contributed by atoms with Crippen molar-refractivity contribution < 1.29 is 89.4 Å². The summed E-state index contributed by atoms with van der Waals surface area (Å²) in [6, 6.07) is 9.81. The summed E-state index contributed by atoms with van der Waals surface area (Å²) in [5, 5.41) is 2.56. The molecule has 7 N–H and O–H groups in total. The number of nitrogens with zero attached hydrogens (tertiary/aromatic N) is 7. The Bertz CT molecular complexity index is 3550. The number of rotatable bonds is 18. The van der Waals surface area contributed by atoms with Crippen LogP contribution in [-0.2, 0) is 96.8 Å². The number of halogens is 3. The van der Waals surface area contributed by atoms with Gasteiger partial charge in [0.05, 0.1) is 63.0 Å². The van der Waals surface area contributed by atoms with Crippen LogP contribution in [0.25, 0.3) is 10.4 Å². The summed E-state index contributed by atoms with van der Waals surface area (Å²) < 4.78 is 39.8. The first-order valence-electron chi connectivity index (χ1n) is 33.7. The number of ether oxygens (including phenoxy) is 4. The lowest BCUT2D eigenvalue weighted by Gasteiger charge is -2.15. The zero-order valence-corrected chi connectivity index (χ0v) is 70.7. The van der Waals surface area contributed by atoms with Crippen LogP contribution in [0.3, 0.4) is 0 Å². The second-order valence-electron chi connectivity index (χ2n) is 30.8. The van der Waals surface area contributed by atoms with Crippen LogP contribution in [0, 0.1) is 21.7 Å². The van der Waals surface area contributed by atoms with Crippen molar-refractivity contribution in [1.82, 2.24) is 25.4 Å². The number of esters is 4. The van der Waals surface area contributed by atoms with Crippen LogP contribution >= 0.6 is 39.9 Å². The maximum absolute atomic E-state index is 11.7. The summed E-state index contributed by atoms with van der Waals surface area (Å²) in [6.07, 6.45) is 6.52. The average molecular weight is 1620 g/mol. The molecule has 0 aliphatic heterocycles. The Morgan fingerprint density at radius 1 is 0.533 bits per heavy atom. The van der Waals surface area contributed by atoms with Gasteiger partial charge < -0.3 is 48.1 Å². The first-order chi connectivity index (χ1) is 48.3. The van der Waals surface area contributed by atoms with Crippen molar-refractivity contribution in [3.63, 3.8) is 0 Å². The van der Waals surface area contributed by atoms with Crippen molar-refractivity contribution in [2.24, 2.45) is 38.4 Å². The van der Waals surface area contributed by atoms with E-state index < -0.39 is 45.7 Å². The Hall–Kier alpha value is -8.48. The van der Waals surface area contributed by atoms with Crippen LogP contribution in [0.5, 0.6) is 0 Å². The lowest BCUT2D eigenvalue weighted by atomic mass is 9.88. The van der Waals surface area contributed by atoms with Crippen LogP contribution in [0.4, 0.5) is 6.01 Å². The lowest BCUT2D eigenvalue weighted by Crippen LogP contribution is -2.30. The molecule has 0 aliphatic rings. The number of nitrogens with two attached hydrogens (primary N) is 3. The maximum atomic E-state index is 11.7. The van der Waals surface area contributed by atoms with E-state index in [1.54, 1.807) is 80.9 Å². The maximum Gasteiger partial charge on any atom is 0.394 e. The summed E-state index contributed by atoms with van der Waals surface area (Å²) in [5.74, 6) is 4.72. The second kappa shape index (κ2) is 51.0. The molecule has 0 saturated heterocycles. The number of oxazole rings is 4. The van der Waals surface area contributed by atoms with Gasteiger partial charge in [0, 0.05) is 61.1 Å². The quantitative estimate of drug-likeness (QED) is 0.00541. The number of hydrazine groups is 1. The van der Waals surface area contributed by atoms with Crippen molar-refractivity contribution in [3.05, 3.63) is 112 Å². The Morgan fingerprint density at radius 2 is 0.935 bits per heavy atom. The van der Waals surface area contributed by atoms with Gasteiger partial charge in [-0.3, -0.25) is 43.8 Å². The molecule has 4 aromatic heterocycles. The van der Waals surface area contributed by atoms with E-state index in [2.05, 4.69) is 55.4 Å². The van der Waals surface area contributed by atoms with Crippen molar-refractivity contribution in [2.45, 2.75) is 234 Å². The third kappa shape index (κ3) is 50.7. The van der Waals surface area contributed by atoms with Crippen molar-refractivity contribution in [1.29, 1.82) is 0 Å². The van der Waals surface area contributed by atoms with Gasteiger partial charge in [0.2, 0.25) is 11.7 Å². The molecule has 1 amide bonds. The van der Waals surface area contributed by atoms with Gasteiger partial charge >= 0.3 is 40.9 Å². The number of hydrogen-bond donors (Lipinski definition) is 4. The number of ketones is 5. The molecule has 0 aliphatic carbocycles. The van der Waals surface area contributed by atoms with E-state index in [1.165, 1.54) is 6.20 Å². The number of carbonyl (C=O) groups is 11. The topological polar surface area (TPSA) is 468 Å². The first-order valence-corrected chi connectivity index (χ1v) is 35.2. The molecule has 0 fully saturated rings. The number of anilines is 1. The summed E-state index contributed by atoms with van der Waals surface area (Å²) in [5.41, 5.74) is 19.5. The van der Waals surface area contributed by atoms with Gasteiger partial charge in [-0.15, -0.1) is 12.4 Å². The minimum Gasteiger partial charge on any atom is -0.460 e. The Balaban J connectivity index is -0.000000371. The summed E-state index contributed by atoms with van der Waals surface area (Å²) >= 11 is 7.79. The molecular weight excluding hydrogens is 1500 g/mol. The summed E-state index contributed by atoms with van der Waals surface area (Å²) in [6.45, 7) is 52.2. The fraction of sp³-hybridized carbons (Fsp3) is 0.608. The van der Waals surface area contributed by atoms with Gasteiger partial charge in [-0.25, -0.2) is 40.2 Å². The highest BCUT2D eigenvalue weighted by Gasteiger charge is 2.27. The normalized spacial score (nSPS) is 10.9. The van der Waals surface area contributed by atoms with E-state index in [9.17, 15) is 52.7 Å². The lowest BCUT2D eigenvalue weighted by molar-refractivity contribution is -0.153. The Labute approximate surface area is 649 Å². The van der Waals surface area contributed by atoms with E-state index in [1.807, 2.05) is 160 Å². The molecule has 0 spiro atoms. The second-order valence-corrected chi connectivity index (χ2v) is 31.7. The minimum atomic E-state index is -1.08. The third-order valence-electron chi connectivity index (χ3n) is 12.8. The van der Waals surface area contributed by atoms with Gasteiger partial charge in [0.15, 0.2) is 5.78 Å². The fourth-order valence-electron chi connectivity index (χ4n) is 5.92. The monoisotopic (exact) mass is 1610 g/mol. The molecule has 0 unspecified atom stereocenters. The fourth-order valence-corrected chi connectivity index (χ4v) is 6.82. The summed E-state index contributed by atoms with van der Waals surface area (Å²) in [7, 11) is 0. The predicted octanol–water partition coefficient (Wildman–Crippen LogP) is 14.3. The highest BCUT2D eigenvalue weighted by Crippen LogP contribution is 2.27. The number of azide groups is 1. The molecule has 0 radical (unpaired) electrons. The van der Waals surface area contributed by atoms with E-state index in [-0.39, 0.29) is 144 Å². The zero-order valence-electron chi connectivity index (χ0n) is 67.6. The number of nitrogen functional groups attached to an aromatic ring is 2. The standard InChI is InChI=1S/C16H19NO3.C11H18O4.C10H15NO3.C8H13N3O2.C7H12N2O.C6H11BrO.C6H11N3O.C6H13NO.C4H5ClO3.ClH/c1-16(2,3)13-10-17-14(20-13)9-15(18)19-11-12-7-5-4-6-8-12;1-5-15-10(14)8(12)6-7-9(13)11(2,3)4;1-5-13-9(12)8-11-6-7(14-8)10(2,3)4;1-8(2,3)5-4-10-7(13-5)6(12)11-9;1-7(2,3)5-4-9-6(8)10-5;1-6(2,3)5(8)4-7;1-6(2,3)5(10)4-8-9-7;1-6(2,3)5(8)4-7;1-2-8-4(7)3(5)6;/h4-8,10H,9,11H2,1-3H3;5-7H2,1-4H3;6H,5H2,1-4H3;4H,9H2,1-3H3,(H,11,12);4H,1-3H3,(H2,8,9);4H2,1-3H3;4H2,1-3H3;4,7H2,1-3H3;2H2,1H3;1H. The number of carbonyl (C=O) groups excluding carboxylic acids is 11. The zero-order chi connectivity index (χ0) is 83.6. The molecule has 33 heteroatoms. The summed E-state index contributed by atoms with van der Waals surface area (Å²) in [4.78, 5) is 138. The van der Waals surface area contributed by atoms with Crippen molar-refractivity contribution in [2.75, 3.05) is 44.0 Å². The Kier molecular flexibility index (Phi) is 51.0. The van der Waals surface area contributed by atoms with Crippen LogP contribution in [0.15, 0.2) is 77.9 Å². The van der Waals surface area contributed by atoms with Gasteiger partial charge in [-0.2, -0.15) is 0 Å². The molecule has 30 nitrogen and oxygen atoms in total. The molecule has 4 heterocycles. The van der Waals surface area contributed by atoms with Gasteiger partial charge in [-0.1, -0.05) is 218 Å². The van der Waals surface area contributed by atoms with Crippen LogP contribution < -0.4 is 22.7 Å². The van der Waals surface area contributed by atoms with Crippen LogP contribution in [0.1, 0.15) is 256 Å². The molecule has 0 atom stereocenters. The van der Waals surface area contributed by atoms with E-state index in [4.69, 9.17) is 61.6 Å². The predicted molar refractivity (Wildman–Crippen MR) is 413 cm³/mol. The largest absolute Gasteiger partial charge is 0.460 e. The number of Topliss-reactive ketones (excluding diaryl/α,β-unsaturated/α-hetero) is 5. The van der Waals surface area contributed by atoms with E-state index in [0.29, 0.717) is 29.3 Å². The number of nitrogens with one attached hydrogen (secondary N) is 1.